The fraction of sp³-hybridized carbons (Fsp3) is 0.538. The van der Waals surface area contributed by atoms with Gasteiger partial charge in [-0.1, -0.05) is 24.9 Å². The molecule has 1 atom stereocenters. The van der Waals surface area contributed by atoms with Gasteiger partial charge in [0, 0.05) is 11.6 Å². The average molecular weight is 257 g/mol. The Morgan fingerprint density at radius 2 is 2.12 bits per heavy atom. The molecule has 0 saturated carbocycles. The van der Waals surface area contributed by atoms with E-state index in [1.54, 1.807) is 7.11 Å². The lowest BCUT2D eigenvalue weighted by Gasteiger charge is -2.17. The summed E-state index contributed by atoms with van der Waals surface area (Å²) in [4.78, 5) is 0. The Kier molecular flexibility index (Phi) is 6.16. The van der Waals surface area contributed by atoms with Crippen molar-refractivity contribution in [2.75, 3.05) is 32.6 Å². The van der Waals surface area contributed by atoms with Gasteiger partial charge < -0.3 is 15.4 Å². The van der Waals surface area contributed by atoms with Crippen LogP contribution in [0.3, 0.4) is 0 Å². The number of anilines is 1. The van der Waals surface area contributed by atoms with Gasteiger partial charge in [0.15, 0.2) is 0 Å². The molecule has 0 heterocycles. The first kappa shape index (κ1) is 14.1. The third kappa shape index (κ3) is 4.44. The predicted molar refractivity (Wildman–Crippen MR) is 74.2 cm³/mol. The van der Waals surface area contributed by atoms with Gasteiger partial charge in [0.2, 0.25) is 0 Å². The Bertz CT molecular complexity index is 344. The van der Waals surface area contributed by atoms with Gasteiger partial charge in [-0.25, -0.2) is 0 Å². The number of rotatable bonds is 7. The average Bonchev–Trinajstić information content (AvgIpc) is 2.34. The highest BCUT2D eigenvalue weighted by Gasteiger charge is 2.07. The van der Waals surface area contributed by atoms with Crippen molar-refractivity contribution in [2.24, 2.45) is 5.92 Å². The third-order valence-corrected chi connectivity index (χ3v) is 3.05. The van der Waals surface area contributed by atoms with Crippen molar-refractivity contribution in [2.45, 2.75) is 13.3 Å². The second-order valence-electron chi connectivity index (χ2n) is 4.06. The van der Waals surface area contributed by atoms with Crippen molar-refractivity contribution in [1.29, 1.82) is 0 Å². The number of benzene rings is 1. The third-order valence-electron chi connectivity index (χ3n) is 2.81. The van der Waals surface area contributed by atoms with Crippen molar-refractivity contribution in [3.63, 3.8) is 0 Å². The largest absolute Gasteiger partial charge is 0.495 e. The Balaban J connectivity index is 2.63. The van der Waals surface area contributed by atoms with Gasteiger partial charge in [0.1, 0.15) is 5.75 Å². The van der Waals surface area contributed by atoms with E-state index in [1.807, 2.05) is 25.2 Å². The second-order valence-corrected chi connectivity index (χ2v) is 4.49. The maximum absolute atomic E-state index is 5.98. The molecule has 0 aliphatic rings. The quantitative estimate of drug-likeness (QED) is 0.787. The highest BCUT2D eigenvalue weighted by Crippen LogP contribution is 2.27. The summed E-state index contributed by atoms with van der Waals surface area (Å²) >= 11 is 5.98. The van der Waals surface area contributed by atoms with E-state index in [0.29, 0.717) is 5.92 Å². The van der Waals surface area contributed by atoms with Crippen molar-refractivity contribution >= 4 is 17.3 Å². The summed E-state index contributed by atoms with van der Waals surface area (Å²) in [5, 5.41) is 7.31. The standard InChI is InChI=1S/C13H21ClN2O/c1-4-10(8-15-2)9-16-12-7-11(14)5-6-13(12)17-3/h5-7,10,15-16H,4,8-9H2,1-3H3. The molecular formula is C13H21ClN2O. The van der Waals surface area contributed by atoms with E-state index < -0.39 is 0 Å². The lowest BCUT2D eigenvalue weighted by Crippen LogP contribution is -2.24. The number of hydrogen-bond donors (Lipinski definition) is 2. The highest BCUT2D eigenvalue weighted by atomic mass is 35.5. The Hall–Kier alpha value is -0.930. The summed E-state index contributed by atoms with van der Waals surface area (Å²) in [6.45, 7) is 4.11. The minimum atomic E-state index is 0.601. The van der Waals surface area contributed by atoms with Crippen molar-refractivity contribution in [1.82, 2.24) is 5.32 Å². The minimum absolute atomic E-state index is 0.601. The summed E-state index contributed by atoms with van der Waals surface area (Å²) in [5.74, 6) is 1.43. The van der Waals surface area contributed by atoms with Gasteiger partial charge in [0.25, 0.3) is 0 Å². The molecule has 0 fully saturated rings. The first-order chi connectivity index (χ1) is 8.21. The number of ether oxygens (including phenoxy) is 1. The van der Waals surface area contributed by atoms with Gasteiger partial charge in [-0.2, -0.15) is 0 Å². The van der Waals surface area contributed by atoms with E-state index in [4.69, 9.17) is 16.3 Å². The molecular weight excluding hydrogens is 236 g/mol. The lowest BCUT2D eigenvalue weighted by atomic mass is 10.1. The Morgan fingerprint density at radius 1 is 1.35 bits per heavy atom. The molecule has 1 rings (SSSR count). The molecule has 17 heavy (non-hydrogen) atoms. The molecule has 1 aromatic rings. The maximum atomic E-state index is 5.98. The molecule has 0 aliphatic heterocycles. The van der Waals surface area contributed by atoms with Crippen molar-refractivity contribution in [3.8, 4) is 5.75 Å². The van der Waals surface area contributed by atoms with Gasteiger partial charge in [-0.15, -0.1) is 0 Å². The molecule has 0 amide bonds. The monoisotopic (exact) mass is 256 g/mol. The number of halogens is 1. The summed E-state index contributed by atoms with van der Waals surface area (Å²) in [6, 6.07) is 5.60. The van der Waals surface area contributed by atoms with E-state index in [1.165, 1.54) is 0 Å². The van der Waals surface area contributed by atoms with Gasteiger partial charge in [-0.05, 0) is 37.7 Å². The fourth-order valence-electron chi connectivity index (χ4n) is 1.72. The smallest absolute Gasteiger partial charge is 0.142 e. The van der Waals surface area contributed by atoms with Crippen LogP contribution in [0, 0.1) is 5.92 Å². The van der Waals surface area contributed by atoms with Crippen molar-refractivity contribution in [3.05, 3.63) is 23.2 Å². The molecule has 4 heteroatoms. The van der Waals surface area contributed by atoms with Crippen molar-refractivity contribution < 1.29 is 4.74 Å². The molecule has 0 spiro atoms. The Labute approximate surface area is 109 Å². The minimum Gasteiger partial charge on any atom is -0.495 e. The maximum Gasteiger partial charge on any atom is 0.142 e. The van der Waals surface area contributed by atoms with Crippen LogP contribution in [0.2, 0.25) is 5.02 Å². The molecule has 2 N–H and O–H groups in total. The number of methoxy groups -OCH3 is 1. The zero-order chi connectivity index (χ0) is 12.7. The van der Waals surface area contributed by atoms with Gasteiger partial charge in [0.05, 0.1) is 12.8 Å². The fourth-order valence-corrected chi connectivity index (χ4v) is 1.89. The van der Waals surface area contributed by atoms with E-state index in [0.717, 1.165) is 36.0 Å². The van der Waals surface area contributed by atoms with E-state index >= 15 is 0 Å². The van der Waals surface area contributed by atoms with Crippen LogP contribution in [0.15, 0.2) is 18.2 Å². The molecule has 96 valence electrons. The first-order valence-electron chi connectivity index (χ1n) is 5.93. The van der Waals surface area contributed by atoms with Crippen LogP contribution in [0.25, 0.3) is 0 Å². The van der Waals surface area contributed by atoms with E-state index in [2.05, 4.69) is 17.6 Å². The zero-order valence-electron chi connectivity index (χ0n) is 10.7. The van der Waals surface area contributed by atoms with Crippen LogP contribution in [-0.4, -0.2) is 27.2 Å². The molecule has 0 bridgehead atoms. The van der Waals surface area contributed by atoms with Gasteiger partial charge in [-0.3, -0.25) is 0 Å². The summed E-state index contributed by atoms with van der Waals surface area (Å²) in [6.07, 6.45) is 1.14. The molecule has 0 saturated heterocycles. The highest BCUT2D eigenvalue weighted by molar-refractivity contribution is 6.30. The van der Waals surface area contributed by atoms with Crippen LogP contribution in [0.1, 0.15) is 13.3 Å². The van der Waals surface area contributed by atoms with Crippen LogP contribution < -0.4 is 15.4 Å². The molecule has 3 nitrogen and oxygen atoms in total. The van der Waals surface area contributed by atoms with Crippen LogP contribution in [-0.2, 0) is 0 Å². The lowest BCUT2D eigenvalue weighted by molar-refractivity contribution is 0.415. The SMILES string of the molecule is CCC(CNC)CNc1cc(Cl)ccc1OC. The number of nitrogens with one attached hydrogen (secondary N) is 2. The zero-order valence-corrected chi connectivity index (χ0v) is 11.5. The van der Waals surface area contributed by atoms with Crippen LogP contribution in [0.5, 0.6) is 5.75 Å². The molecule has 1 aromatic carbocycles. The summed E-state index contributed by atoms with van der Waals surface area (Å²) in [7, 11) is 3.64. The van der Waals surface area contributed by atoms with Crippen LogP contribution >= 0.6 is 11.6 Å². The normalized spacial score (nSPS) is 12.2. The molecule has 0 aliphatic carbocycles. The van der Waals surface area contributed by atoms with E-state index in [9.17, 15) is 0 Å². The number of hydrogen-bond acceptors (Lipinski definition) is 3. The Morgan fingerprint density at radius 3 is 2.71 bits per heavy atom. The molecule has 1 unspecified atom stereocenters. The topological polar surface area (TPSA) is 33.3 Å². The summed E-state index contributed by atoms with van der Waals surface area (Å²) in [5.41, 5.74) is 0.953. The van der Waals surface area contributed by atoms with Crippen LogP contribution in [0.4, 0.5) is 5.69 Å². The van der Waals surface area contributed by atoms with Gasteiger partial charge >= 0.3 is 0 Å². The second kappa shape index (κ2) is 7.41. The molecule has 0 radical (unpaired) electrons. The van der Waals surface area contributed by atoms with E-state index in [-0.39, 0.29) is 0 Å². The molecule has 0 aromatic heterocycles. The first-order valence-corrected chi connectivity index (χ1v) is 6.31. The predicted octanol–water partition coefficient (Wildman–Crippen LogP) is 3.01. The summed E-state index contributed by atoms with van der Waals surface area (Å²) < 4.78 is 5.29.